The van der Waals surface area contributed by atoms with Gasteiger partial charge in [0.1, 0.15) is 6.04 Å². The van der Waals surface area contributed by atoms with Crippen molar-refractivity contribution >= 4 is 34.8 Å². The Bertz CT molecular complexity index is 663. The predicted molar refractivity (Wildman–Crippen MR) is 72.7 cm³/mol. The molecule has 0 aliphatic rings. The number of nitrogens with two attached hydrogens (primary N) is 1. The van der Waals surface area contributed by atoms with Crippen LogP contribution in [-0.4, -0.2) is 37.6 Å². The number of carbonyl (C=O) groups is 1. The number of nitrogens with zero attached hydrogens (tertiary/aromatic N) is 3. The summed E-state index contributed by atoms with van der Waals surface area (Å²) in [6, 6.07) is -0.0412. The van der Waals surface area contributed by atoms with E-state index in [0.717, 1.165) is 6.07 Å². The highest BCUT2D eigenvalue weighted by atomic mass is 32.2. The van der Waals surface area contributed by atoms with E-state index in [1.54, 1.807) is 0 Å². The fraction of sp³-hybridized carbons (Fsp3) is 0.222. The molecule has 12 nitrogen and oxygen atoms in total. The number of carboxylic acid groups (broad SMARTS) is 1. The van der Waals surface area contributed by atoms with E-state index in [0.29, 0.717) is 17.8 Å². The summed E-state index contributed by atoms with van der Waals surface area (Å²) in [6.45, 7) is 0. The number of hydrogen-bond acceptors (Lipinski definition) is 9. The molecule has 0 aromatic heterocycles. The van der Waals surface area contributed by atoms with Crippen molar-refractivity contribution in [1.82, 2.24) is 0 Å². The van der Waals surface area contributed by atoms with Crippen molar-refractivity contribution in [2.75, 3.05) is 5.75 Å². The third kappa shape index (κ3) is 3.64. The molecule has 118 valence electrons. The standard InChI is InChI=1S/C9H8N4O8S/c10-4(9(14)15)3-22-8-6(12(18)19)2-1-5(11(16)17)7(8)13(20)21/h1-2,4H,3,10H2,(H,14,15). The Kier molecular flexibility index (Phi) is 5.31. The highest BCUT2D eigenvalue weighted by Gasteiger charge is 2.35. The van der Waals surface area contributed by atoms with Gasteiger partial charge in [0.2, 0.25) is 0 Å². The van der Waals surface area contributed by atoms with Crippen molar-refractivity contribution < 1.29 is 24.7 Å². The molecule has 1 aromatic rings. The van der Waals surface area contributed by atoms with Crippen LogP contribution in [0.5, 0.6) is 0 Å². The number of aliphatic carboxylic acids is 1. The van der Waals surface area contributed by atoms with Crippen LogP contribution in [0.4, 0.5) is 17.1 Å². The lowest BCUT2D eigenvalue weighted by Gasteiger charge is -2.07. The zero-order valence-electron chi connectivity index (χ0n) is 10.6. The van der Waals surface area contributed by atoms with Crippen molar-refractivity contribution in [3.05, 3.63) is 42.5 Å². The van der Waals surface area contributed by atoms with Crippen LogP contribution in [0, 0.1) is 30.3 Å². The van der Waals surface area contributed by atoms with Crippen molar-refractivity contribution in [2.24, 2.45) is 5.73 Å². The molecule has 0 amide bonds. The largest absolute Gasteiger partial charge is 0.480 e. The van der Waals surface area contributed by atoms with E-state index in [2.05, 4.69) is 0 Å². The Morgan fingerprint density at radius 3 is 2.05 bits per heavy atom. The number of rotatable bonds is 7. The molecule has 0 spiro atoms. The van der Waals surface area contributed by atoms with Crippen LogP contribution in [-0.2, 0) is 4.79 Å². The molecule has 0 heterocycles. The smallest absolute Gasteiger partial charge is 0.366 e. The van der Waals surface area contributed by atoms with E-state index in [4.69, 9.17) is 10.8 Å². The number of nitro benzene ring substituents is 3. The fourth-order valence-electron chi connectivity index (χ4n) is 1.40. The highest BCUT2D eigenvalue weighted by Crippen LogP contribution is 2.43. The summed E-state index contributed by atoms with van der Waals surface area (Å²) in [5.41, 5.74) is 2.49. The molecule has 0 radical (unpaired) electrons. The number of nitro groups is 3. The van der Waals surface area contributed by atoms with E-state index in [1.165, 1.54) is 0 Å². The van der Waals surface area contributed by atoms with E-state index >= 15 is 0 Å². The molecule has 3 N–H and O–H groups in total. The van der Waals surface area contributed by atoms with Gasteiger partial charge in [-0.15, -0.1) is 11.8 Å². The first-order valence-electron chi connectivity index (χ1n) is 5.38. The van der Waals surface area contributed by atoms with Gasteiger partial charge in [-0.05, 0) is 0 Å². The Labute approximate surface area is 125 Å². The minimum absolute atomic E-state index is 0.405. The number of thioether (sulfide) groups is 1. The van der Waals surface area contributed by atoms with Gasteiger partial charge < -0.3 is 10.8 Å². The van der Waals surface area contributed by atoms with Crippen molar-refractivity contribution in [1.29, 1.82) is 0 Å². The van der Waals surface area contributed by atoms with Crippen molar-refractivity contribution in [2.45, 2.75) is 10.9 Å². The second-order valence-corrected chi connectivity index (χ2v) is 4.84. The van der Waals surface area contributed by atoms with E-state index < -0.39 is 54.5 Å². The molecule has 1 unspecified atom stereocenters. The van der Waals surface area contributed by atoms with Crippen LogP contribution in [0.1, 0.15) is 0 Å². The maximum atomic E-state index is 11.0. The van der Waals surface area contributed by atoms with Gasteiger partial charge in [0.25, 0.3) is 5.69 Å². The SMILES string of the molecule is NC(CSc1c([N+](=O)[O-])ccc([N+](=O)[O-])c1[N+](=O)[O-])C(=O)O. The molecule has 0 aliphatic carbocycles. The van der Waals surface area contributed by atoms with Crippen LogP contribution in [0.25, 0.3) is 0 Å². The van der Waals surface area contributed by atoms with E-state index in [9.17, 15) is 35.1 Å². The van der Waals surface area contributed by atoms with Gasteiger partial charge in [0, 0.05) is 17.9 Å². The molecule has 0 saturated heterocycles. The second-order valence-electron chi connectivity index (χ2n) is 3.81. The topological polar surface area (TPSA) is 193 Å². The Morgan fingerprint density at radius 2 is 1.64 bits per heavy atom. The summed E-state index contributed by atoms with van der Waals surface area (Å²) in [5.74, 6) is -1.85. The molecule has 1 aromatic carbocycles. The summed E-state index contributed by atoms with van der Waals surface area (Å²) in [4.78, 5) is 39.6. The molecule has 0 fully saturated rings. The molecule has 0 bridgehead atoms. The third-order valence-electron chi connectivity index (χ3n) is 2.39. The average molecular weight is 332 g/mol. The molecular weight excluding hydrogens is 324 g/mol. The lowest BCUT2D eigenvalue weighted by molar-refractivity contribution is -0.427. The van der Waals surface area contributed by atoms with Gasteiger partial charge in [-0.25, -0.2) is 0 Å². The summed E-state index contributed by atoms with van der Waals surface area (Å²) >= 11 is 0.405. The lowest BCUT2D eigenvalue weighted by Crippen LogP contribution is -2.32. The Balaban J connectivity index is 3.44. The zero-order valence-corrected chi connectivity index (χ0v) is 11.4. The van der Waals surface area contributed by atoms with Gasteiger partial charge in [-0.3, -0.25) is 35.1 Å². The summed E-state index contributed by atoms with van der Waals surface area (Å²) < 4.78 is 0. The molecule has 1 rings (SSSR count). The quantitative estimate of drug-likeness (QED) is 0.411. The predicted octanol–water partition coefficient (Wildman–Crippen LogP) is 0.915. The normalized spacial score (nSPS) is 11.7. The van der Waals surface area contributed by atoms with Gasteiger partial charge in [-0.1, -0.05) is 0 Å². The average Bonchev–Trinajstić information content (AvgIpc) is 2.42. The van der Waals surface area contributed by atoms with Crippen molar-refractivity contribution in [3.8, 4) is 0 Å². The Hall–Kier alpha value is -2.80. The Morgan fingerprint density at radius 1 is 1.14 bits per heavy atom. The number of benzene rings is 1. The maximum Gasteiger partial charge on any atom is 0.366 e. The minimum atomic E-state index is -1.44. The van der Waals surface area contributed by atoms with E-state index in [-0.39, 0.29) is 0 Å². The number of carboxylic acids is 1. The highest BCUT2D eigenvalue weighted by molar-refractivity contribution is 7.99. The third-order valence-corrected chi connectivity index (χ3v) is 3.61. The first-order valence-corrected chi connectivity index (χ1v) is 6.36. The minimum Gasteiger partial charge on any atom is -0.480 e. The fourth-order valence-corrected chi connectivity index (χ4v) is 2.50. The van der Waals surface area contributed by atoms with Crippen LogP contribution in [0.2, 0.25) is 0 Å². The van der Waals surface area contributed by atoms with Crippen LogP contribution < -0.4 is 5.73 Å². The zero-order chi connectivity index (χ0) is 17.0. The monoisotopic (exact) mass is 332 g/mol. The summed E-state index contributed by atoms with van der Waals surface area (Å²) in [7, 11) is 0. The van der Waals surface area contributed by atoms with Gasteiger partial charge in [-0.2, -0.15) is 0 Å². The first-order chi connectivity index (χ1) is 10.2. The van der Waals surface area contributed by atoms with E-state index in [1.807, 2.05) is 0 Å². The van der Waals surface area contributed by atoms with Crippen molar-refractivity contribution in [3.63, 3.8) is 0 Å². The second kappa shape index (κ2) is 6.77. The molecule has 0 aliphatic heterocycles. The summed E-state index contributed by atoms with van der Waals surface area (Å²) in [5, 5.41) is 41.4. The summed E-state index contributed by atoms with van der Waals surface area (Å²) in [6.07, 6.45) is 0. The van der Waals surface area contributed by atoms with Gasteiger partial charge in [0.05, 0.1) is 14.8 Å². The molecular formula is C9H8N4O8S. The van der Waals surface area contributed by atoms with Gasteiger partial charge in [0.15, 0.2) is 4.90 Å². The molecule has 1 atom stereocenters. The molecule has 13 heteroatoms. The first kappa shape index (κ1) is 17.3. The lowest BCUT2D eigenvalue weighted by atomic mass is 10.2. The molecule has 22 heavy (non-hydrogen) atoms. The van der Waals surface area contributed by atoms with Gasteiger partial charge >= 0.3 is 17.3 Å². The maximum absolute atomic E-state index is 11.0. The van der Waals surface area contributed by atoms with Crippen LogP contribution >= 0.6 is 11.8 Å². The molecule has 0 saturated carbocycles. The van der Waals surface area contributed by atoms with Crippen LogP contribution in [0.15, 0.2) is 17.0 Å². The van der Waals surface area contributed by atoms with Crippen LogP contribution in [0.3, 0.4) is 0 Å². The number of hydrogen-bond donors (Lipinski definition) is 2.